The van der Waals surface area contributed by atoms with Gasteiger partial charge in [0.15, 0.2) is 6.17 Å². The molecule has 117 heavy (non-hydrogen) atoms. The second-order valence-electron chi connectivity index (χ2n) is 29.0. The number of aliphatic carboxylic acids is 5. The van der Waals surface area contributed by atoms with Crippen molar-refractivity contribution in [1.82, 2.24) is 105 Å². The summed E-state index contributed by atoms with van der Waals surface area (Å²) in [5.74, 6) is -12.7. The Morgan fingerprint density at radius 1 is 0.470 bits per heavy atom. The summed E-state index contributed by atoms with van der Waals surface area (Å²) in [6, 6.07) is -2.18. The summed E-state index contributed by atoms with van der Waals surface area (Å²) in [4.78, 5) is 211. The zero-order valence-electron chi connectivity index (χ0n) is 66.9. The minimum absolute atomic E-state index is 0.00317. The zero-order chi connectivity index (χ0) is 87.3. The second kappa shape index (κ2) is 48.9. The Morgan fingerprint density at radius 3 is 1.45 bits per heavy atom. The van der Waals surface area contributed by atoms with Crippen LogP contribution < -0.4 is 80.4 Å². The molecule has 43 nitrogen and oxygen atoms in total. The van der Waals surface area contributed by atoms with E-state index in [1.54, 1.807) is 70.2 Å². The van der Waals surface area contributed by atoms with Crippen molar-refractivity contribution in [2.24, 2.45) is 23.6 Å². The van der Waals surface area contributed by atoms with Crippen molar-refractivity contribution in [3.8, 4) is 5.75 Å². The van der Waals surface area contributed by atoms with E-state index < -0.39 is 224 Å². The Labute approximate surface area is 674 Å². The Bertz CT molecular complexity index is 4030. The quantitative estimate of drug-likeness (QED) is 0.00870. The number of aromatic nitrogens is 6. The number of carbonyl (C=O) groups excluding carboxylic acids is 11. The molecule has 644 valence electrons. The van der Waals surface area contributed by atoms with Gasteiger partial charge in [0.25, 0.3) is 5.91 Å². The highest BCUT2D eigenvalue weighted by Gasteiger charge is 2.38. The van der Waals surface area contributed by atoms with Gasteiger partial charge in [-0.2, -0.15) is 0 Å². The molecule has 2 heterocycles. The molecular weight excluding hydrogens is 1530 g/mol. The van der Waals surface area contributed by atoms with Crippen LogP contribution in [-0.2, 0) is 115 Å². The number of amides is 11. The lowest BCUT2D eigenvalue weighted by molar-refractivity contribution is -0.143. The predicted molar refractivity (Wildman–Crippen MR) is 414 cm³/mol. The van der Waals surface area contributed by atoms with E-state index in [0.29, 0.717) is 24.1 Å². The first kappa shape index (κ1) is 97.2. The van der Waals surface area contributed by atoms with Crippen LogP contribution in [0.25, 0.3) is 0 Å². The highest BCUT2D eigenvalue weighted by Crippen LogP contribution is 2.18. The number of rotatable bonds is 54. The maximum absolute atomic E-state index is 14.5. The highest BCUT2D eigenvalue weighted by molar-refractivity contribution is 5.99. The van der Waals surface area contributed by atoms with E-state index in [2.05, 4.69) is 95.2 Å². The van der Waals surface area contributed by atoms with E-state index in [1.165, 1.54) is 47.7 Å². The van der Waals surface area contributed by atoms with Crippen LogP contribution in [0.3, 0.4) is 0 Å². The Hall–Kier alpha value is -12.1. The monoisotopic (exact) mass is 1650 g/mol. The number of carbonyl (C=O) groups is 16. The topological polar surface area (TPSA) is 650 Å². The first-order chi connectivity index (χ1) is 55.2. The highest BCUT2D eigenvalue weighted by atomic mass is 16.4. The molecule has 4 aromatic rings. The number of phenols is 1. The van der Waals surface area contributed by atoms with Crippen molar-refractivity contribution in [3.63, 3.8) is 0 Å². The number of nitrogens with two attached hydrogens (primary N) is 1. The van der Waals surface area contributed by atoms with Crippen molar-refractivity contribution >= 4 is 94.8 Å². The molecule has 4 unspecified atom stereocenters. The Morgan fingerprint density at radius 2 is 0.957 bits per heavy atom. The van der Waals surface area contributed by atoms with Gasteiger partial charge in [-0.15, -0.1) is 10.2 Å². The molecule has 0 saturated carbocycles. The summed E-state index contributed by atoms with van der Waals surface area (Å²) >= 11 is 0. The molecular formula is C74H111N21O22. The van der Waals surface area contributed by atoms with Crippen LogP contribution in [-0.4, -0.2) is 247 Å². The summed E-state index contributed by atoms with van der Waals surface area (Å²) in [6.07, 6.45) is -1.74. The maximum atomic E-state index is 14.5. The predicted octanol–water partition coefficient (Wildman–Crippen LogP) is -3.89. The largest absolute Gasteiger partial charge is 0.508 e. The lowest BCUT2D eigenvalue weighted by Gasteiger charge is -2.32. The number of nitrogens with zero attached hydrogens (tertiary/aromatic N) is 6. The standard InChI is InChI=1S/C74H111N21O22/c1-11-40(7)62(89-75)71(112)88-61(39(5)6)70(111)85-54(34-60(103)104)68(109)79-41(8)64(105)82-50(24-26-59(101)102)67(108)86-55(73(114)115)33-47-37-95(93-91-47)28-16-27-76-63(80-43(10)96)72(113)83-52(30-45-19-21-48(97)22-20-45)51(29-38(3)4)77-35-57(98)81-49(23-25-58(99)100)66(107)78-42(9)65(106)84-53(31-44-17-14-13-15-18-44)69(110)87-56(74(116)117)32-46-36-94(12-2)92-90-46/h13-15,17-22,36-42,49-56,61-63,76-77,89,97H,11-12,16,23-35,75H2,1-10H3,(H,78,107)(H,79,109)(H,80,96)(H,81,98)(H,82,105)(H,83,113)(H,84,106)(H,85,111)(H,86,108)(H,87,110)(H,88,112)(H,99,100)(H,101,102)(H,103,104)(H,114,115)(H,116,117)/t40-,41+,42+,49+,50+,51?,52+,53+,54?,55?,56+,61+,62?,63+/m0/s1. The minimum Gasteiger partial charge on any atom is -0.508 e. The number of hydrogen-bond acceptors (Lipinski definition) is 25. The van der Waals surface area contributed by atoms with Gasteiger partial charge in [-0.3, -0.25) is 87.6 Å². The summed E-state index contributed by atoms with van der Waals surface area (Å²) in [7, 11) is 0. The van der Waals surface area contributed by atoms with Crippen LogP contribution in [0.2, 0.25) is 0 Å². The van der Waals surface area contributed by atoms with E-state index in [1.807, 2.05) is 20.8 Å². The minimum atomic E-state index is -1.82. The molecule has 2 aromatic heterocycles. The van der Waals surface area contributed by atoms with Gasteiger partial charge in [-0.1, -0.05) is 101 Å². The number of hydrazine groups is 1. The molecule has 22 N–H and O–H groups in total. The molecule has 0 radical (unpaired) electrons. The van der Waals surface area contributed by atoms with Gasteiger partial charge in [-0.25, -0.2) is 15.0 Å². The van der Waals surface area contributed by atoms with Crippen LogP contribution in [0, 0.1) is 17.8 Å². The lowest BCUT2D eigenvalue weighted by Crippen LogP contribution is -2.61. The van der Waals surface area contributed by atoms with E-state index in [9.17, 15) is 107 Å². The van der Waals surface area contributed by atoms with Crippen LogP contribution >= 0.6 is 0 Å². The summed E-state index contributed by atoms with van der Waals surface area (Å²) in [6.45, 7) is 15.8. The van der Waals surface area contributed by atoms with Crippen molar-refractivity contribution in [1.29, 1.82) is 0 Å². The maximum Gasteiger partial charge on any atom is 0.326 e. The number of phenolic OH excluding ortho intramolecular Hbond substituents is 1. The fraction of sp³-hybridized carbons (Fsp3) is 0.568. The Balaban J connectivity index is 1.44. The molecule has 0 aliphatic heterocycles. The Kier molecular flexibility index (Phi) is 40.7. The van der Waals surface area contributed by atoms with Crippen LogP contribution in [0.15, 0.2) is 67.0 Å². The smallest absolute Gasteiger partial charge is 0.326 e. The molecule has 4 rings (SSSR count). The second-order valence-corrected chi connectivity index (χ2v) is 29.0. The van der Waals surface area contributed by atoms with Crippen molar-refractivity contribution in [2.75, 3.05) is 13.1 Å². The first-order valence-electron chi connectivity index (χ1n) is 38.1. The van der Waals surface area contributed by atoms with Gasteiger partial charge in [0.05, 0.1) is 24.4 Å². The fourth-order valence-corrected chi connectivity index (χ4v) is 11.8. The van der Waals surface area contributed by atoms with Crippen molar-refractivity contribution in [3.05, 3.63) is 89.5 Å². The average Bonchev–Trinajstić information content (AvgIpc) is 0.989. The van der Waals surface area contributed by atoms with E-state index in [0.717, 1.165) is 6.92 Å². The van der Waals surface area contributed by atoms with Gasteiger partial charge in [0.2, 0.25) is 59.1 Å². The van der Waals surface area contributed by atoms with Crippen LogP contribution in [0.1, 0.15) is 143 Å². The number of carboxylic acids is 5. The number of carboxylic acid groups (broad SMARTS) is 5. The molecule has 0 saturated heterocycles. The van der Waals surface area contributed by atoms with Crippen molar-refractivity contribution < 1.29 is 107 Å². The first-order valence-corrected chi connectivity index (χ1v) is 38.1. The normalized spacial score (nSPS) is 14.8. The molecule has 0 fully saturated rings. The third-order valence-electron chi connectivity index (χ3n) is 18.5. The molecule has 14 atom stereocenters. The molecule has 43 heteroatoms. The SMILES string of the molecule is CC[C@H](C)C(NN)C(=O)N[C@@H](C(=O)NC(CC(=O)O)C(=O)N[C@H](C)C(=O)N[C@H](CCC(=O)O)C(=O)NC(Cc1cn(CCCN[C@H](NC(C)=O)C(=O)N[C@H](Cc2ccc(O)cc2)C(CC(C)C)NCC(=O)N[C@H](CCC(=O)O)C(=O)N[C@H](C)C(=O)N[C@H](Cc2ccccc2)C(=O)N[C@H](Cc2cn(CC)nn2)C(=O)O)nn1)C(=O)O)C(C)C. The molecule has 0 aliphatic rings. The van der Waals surface area contributed by atoms with Gasteiger partial charge in [0.1, 0.15) is 66.2 Å². The van der Waals surface area contributed by atoms with E-state index in [-0.39, 0.29) is 74.2 Å². The molecule has 0 aliphatic carbocycles. The number of aromatic hydroxyl groups is 1. The van der Waals surface area contributed by atoms with E-state index >= 15 is 0 Å². The molecule has 11 amide bonds. The number of aryl methyl sites for hydroxylation is 2. The fourth-order valence-electron chi connectivity index (χ4n) is 11.8. The number of nitrogens with one attached hydrogen (secondary N) is 14. The summed E-state index contributed by atoms with van der Waals surface area (Å²) in [5.41, 5.74) is 3.88. The van der Waals surface area contributed by atoms with Gasteiger partial charge in [-0.05, 0) is 100 Å². The molecule has 0 spiro atoms. The third-order valence-corrected chi connectivity index (χ3v) is 18.5. The summed E-state index contributed by atoms with van der Waals surface area (Å²) in [5, 5.41) is 109. The third kappa shape index (κ3) is 34.9. The van der Waals surface area contributed by atoms with E-state index in [4.69, 9.17) is 5.84 Å². The van der Waals surface area contributed by atoms with Gasteiger partial charge in [0, 0.05) is 76.6 Å². The van der Waals surface area contributed by atoms with Crippen LogP contribution in [0.4, 0.5) is 0 Å². The number of benzene rings is 2. The van der Waals surface area contributed by atoms with Gasteiger partial charge < -0.3 is 94.4 Å². The lowest BCUT2D eigenvalue weighted by atomic mass is 9.92. The van der Waals surface area contributed by atoms with Crippen LogP contribution in [0.5, 0.6) is 5.75 Å². The average molecular weight is 1650 g/mol. The zero-order valence-corrected chi connectivity index (χ0v) is 66.9. The number of hydrogen-bond donors (Lipinski definition) is 21. The van der Waals surface area contributed by atoms with Gasteiger partial charge >= 0.3 is 29.8 Å². The molecule has 2 aromatic carbocycles. The van der Waals surface area contributed by atoms with Crippen molar-refractivity contribution in [2.45, 2.75) is 238 Å². The molecule has 0 bridgehead atoms. The summed E-state index contributed by atoms with van der Waals surface area (Å²) < 4.78 is 2.78.